The third-order valence-electron chi connectivity index (χ3n) is 3.75. The first kappa shape index (κ1) is 19.8. The summed E-state index contributed by atoms with van der Waals surface area (Å²) in [5.41, 5.74) is 3.34. The highest BCUT2D eigenvalue weighted by atomic mass is 79.9. The smallest absolute Gasteiger partial charge is 0.273 e. The lowest BCUT2D eigenvalue weighted by Gasteiger charge is -2.01. The molecule has 1 amide bonds. The van der Waals surface area contributed by atoms with Crippen molar-refractivity contribution in [1.82, 2.24) is 5.43 Å². The van der Waals surface area contributed by atoms with Crippen LogP contribution >= 0.6 is 27.5 Å². The molecule has 0 spiro atoms. The molecule has 1 N–H and O–H groups in total. The zero-order valence-corrected chi connectivity index (χ0v) is 16.6. The Bertz CT molecular complexity index is 1060. The van der Waals surface area contributed by atoms with Crippen LogP contribution in [0.5, 0.6) is 0 Å². The average Bonchev–Trinajstić information content (AvgIpc) is 3.13. The largest absolute Gasteiger partial charge is 0.455 e. The molecule has 0 bridgehead atoms. The molecule has 0 unspecified atom stereocenters. The number of carbonyl (C=O) groups is 1. The van der Waals surface area contributed by atoms with Crippen LogP contribution in [0, 0.1) is 10.1 Å². The fraction of sp³-hybridized carbons (Fsp3) is 0.0526. The predicted molar refractivity (Wildman–Crippen MR) is 109 cm³/mol. The number of benzene rings is 2. The Morgan fingerprint density at radius 3 is 2.79 bits per heavy atom. The van der Waals surface area contributed by atoms with Gasteiger partial charge in [0.25, 0.3) is 5.69 Å². The molecule has 0 saturated carbocycles. The number of hydrogen-bond acceptors (Lipinski definition) is 5. The van der Waals surface area contributed by atoms with E-state index in [4.69, 9.17) is 16.0 Å². The second-order valence-corrected chi connectivity index (χ2v) is 6.95. The van der Waals surface area contributed by atoms with Gasteiger partial charge in [-0.1, -0.05) is 35.9 Å². The third-order valence-corrected chi connectivity index (χ3v) is 4.98. The molecule has 0 atom stereocenters. The first-order valence-corrected chi connectivity index (χ1v) is 9.20. The summed E-state index contributed by atoms with van der Waals surface area (Å²) in [4.78, 5) is 22.4. The maximum Gasteiger partial charge on any atom is 0.273 e. The van der Waals surface area contributed by atoms with E-state index in [0.29, 0.717) is 22.1 Å². The molecule has 0 aliphatic rings. The van der Waals surface area contributed by atoms with Crippen molar-refractivity contribution in [1.29, 1.82) is 0 Å². The van der Waals surface area contributed by atoms with Crippen LogP contribution in [0.1, 0.15) is 11.3 Å². The molecule has 0 fully saturated rings. The summed E-state index contributed by atoms with van der Waals surface area (Å²) < 4.78 is 6.44. The number of amides is 1. The minimum atomic E-state index is -0.523. The number of halogens is 2. The number of hydrazone groups is 1. The Labute approximate surface area is 173 Å². The van der Waals surface area contributed by atoms with Gasteiger partial charge in [0.05, 0.1) is 22.6 Å². The number of para-hydroxylation sites is 1. The fourth-order valence-electron chi connectivity index (χ4n) is 2.45. The van der Waals surface area contributed by atoms with Crippen molar-refractivity contribution in [3.63, 3.8) is 0 Å². The Hall–Kier alpha value is -2.97. The second-order valence-electron chi connectivity index (χ2n) is 5.69. The molecule has 1 heterocycles. The van der Waals surface area contributed by atoms with Gasteiger partial charge in [-0.15, -0.1) is 0 Å². The van der Waals surface area contributed by atoms with Crippen molar-refractivity contribution >= 4 is 45.3 Å². The highest BCUT2D eigenvalue weighted by molar-refractivity contribution is 9.10. The number of nitrogens with one attached hydrogen (secondary N) is 1. The minimum Gasteiger partial charge on any atom is -0.455 e. The van der Waals surface area contributed by atoms with Crippen molar-refractivity contribution in [2.45, 2.75) is 6.42 Å². The van der Waals surface area contributed by atoms with Gasteiger partial charge in [-0.3, -0.25) is 14.9 Å². The van der Waals surface area contributed by atoms with Gasteiger partial charge < -0.3 is 4.42 Å². The van der Waals surface area contributed by atoms with E-state index in [1.54, 1.807) is 30.3 Å². The molecule has 1 aromatic heterocycles. The molecule has 9 heteroatoms. The summed E-state index contributed by atoms with van der Waals surface area (Å²) in [6.07, 6.45) is 1.19. The molecule has 7 nitrogen and oxygen atoms in total. The van der Waals surface area contributed by atoms with E-state index in [9.17, 15) is 14.9 Å². The number of hydrogen-bond donors (Lipinski definition) is 1. The predicted octanol–water partition coefficient (Wildman–Crippen LogP) is 4.96. The second kappa shape index (κ2) is 8.81. The fourth-order valence-corrected chi connectivity index (χ4v) is 2.87. The van der Waals surface area contributed by atoms with Gasteiger partial charge in [0.15, 0.2) is 0 Å². The number of rotatable bonds is 6. The number of carbonyl (C=O) groups excluding carboxylic acids is 1. The van der Waals surface area contributed by atoms with Gasteiger partial charge in [0.1, 0.15) is 11.5 Å². The Balaban J connectivity index is 1.62. The molecule has 142 valence electrons. The molecule has 3 rings (SSSR count). The summed E-state index contributed by atoms with van der Waals surface area (Å²) in [6.45, 7) is 0. The monoisotopic (exact) mass is 461 g/mol. The highest BCUT2D eigenvalue weighted by Gasteiger charge is 2.15. The molecule has 2 aromatic carbocycles. The third kappa shape index (κ3) is 4.85. The van der Waals surface area contributed by atoms with E-state index in [1.807, 2.05) is 12.1 Å². The van der Waals surface area contributed by atoms with Crippen molar-refractivity contribution in [2.75, 3.05) is 0 Å². The van der Waals surface area contributed by atoms with E-state index in [0.717, 1.165) is 10.0 Å². The molecular weight excluding hydrogens is 450 g/mol. The number of nitro groups is 1. The van der Waals surface area contributed by atoms with E-state index in [1.165, 1.54) is 18.3 Å². The van der Waals surface area contributed by atoms with Crippen LogP contribution in [-0.2, 0) is 11.2 Å². The summed E-state index contributed by atoms with van der Waals surface area (Å²) in [5, 5.41) is 15.4. The van der Waals surface area contributed by atoms with Crippen LogP contribution in [0.25, 0.3) is 11.3 Å². The maximum absolute atomic E-state index is 12.0. The van der Waals surface area contributed by atoms with Gasteiger partial charge in [0, 0.05) is 21.7 Å². The lowest BCUT2D eigenvalue weighted by molar-refractivity contribution is -0.385. The van der Waals surface area contributed by atoms with Gasteiger partial charge >= 0.3 is 0 Å². The van der Waals surface area contributed by atoms with E-state index >= 15 is 0 Å². The normalized spacial score (nSPS) is 10.9. The molecule has 0 saturated heterocycles. The van der Waals surface area contributed by atoms with Crippen LogP contribution < -0.4 is 5.43 Å². The van der Waals surface area contributed by atoms with Crippen molar-refractivity contribution in [3.05, 3.63) is 85.5 Å². The molecule has 28 heavy (non-hydrogen) atoms. The van der Waals surface area contributed by atoms with Crippen LogP contribution in [-0.4, -0.2) is 17.0 Å². The van der Waals surface area contributed by atoms with Crippen LogP contribution in [0.4, 0.5) is 5.69 Å². The maximum atomic E-state index is 12.0. The molecule has 0 aliphatic heterocycles. The molecular formula is C19H13BrClN3O4. The van der Waals surface area contributed by atoms with E-state index in [2.05, 4.69) is 26.5 Å². The van der Waals surface area contributed by atoms with Gasteiger partial charge in [-0.05, 0) is 40.2 Å². The van der Waals surface area contributed by atoms with Crippen LogP contribution in [0.2, 0.25) is 5.02 Å². The molecule has 0 radical (unpaired) electrons. The van der Waals surface area contributed by atoms with Gasteiger partial charge in [-0.2, -0.15) is 5.10 Å². The van der Waals surface area contributed by atoms with Gasteiger partial charge in [0.2, 0.25) is 5.91 Å². The summed E-state index contributed by atoms with van der Waals surface area (Å²) in [5.74, 6) is 0.555. The van der Waals surface area contributed by atoms with Crippen molar-refractivity contribution in [3.8, 4) is 11.3 Å². The summed E-state index contributed by atoms with van der Waals surface area (Å²) in [7, 11) is 0. The minimum absolute atomic E-state index is 0.106. The zero-order valence-electron chi connectivity index (χ0n) is 14.3. The highest BCUT2D eigenvalue weighted by Crippen LogP contribution is 2.29. The lowest BCUT2D eigenvalue weighted by Crippen LogP contribution is -2.20. The molecule has 3 aromatic rings. The Morgan fingerprint density at radius 1 is 1.25 bits per heavy atom. The van der Waals surface area contributed by atoms with Crippen LogP contribution in [0.15, 0.2) is 68.6 Å². The number of furan rings is 1. The first-order valence-electron chi connectivity index (χ1n) is 8.03. The summed E-state index contributed by atoms with van der Waals surface area (Å²) >= 11 is 9.41. The van der Waals surface area contributed by atoms with E-state index < -0.39 is 10.8 Å². The zero-order chi connectivity index (χ0) is 20.1. The van der Waals surface area contributed by atoms with Crippen LogP contribution in [0.3, 0.4) is 0 Å². The number of nitrogens with zero attached hydrogens (tertiary/aromatic N) is 2. The Kier molecular flexibility index (Phi) is 6.23. The van der Waals surface area contributed by atoms with Gasteiger partial charge in [-0.25, -0.2) is 5.43 Å². The quantitative estimate of drug-likeness (QED) is 0.318. The average molecular weight is 463 g/mol. The number of nitro benzene ring substituents is 1. The summed E-state index contributed by atoms with van der Waals surface area (Å²) in [6, 6.07) is 15.0. The lowest BCUT2D eigenvalue weighted by atomic mass is 10.1. The standard InChI is InChI=1S/C19H13BrClN3O4/c20-15-7-5-13(9-16(15)21)18-8-6-14(28-18)11-22-23-19(25)10-12-3-1-2-4-17(12)24(26)27/h1-9,11H,10H2,(H,23,25). The van der Waals surface area contributed by atoms with Crippen molar-refractivity contribution < 1.29 is 14.1 Å². The van der Waals surface area contributed by atoms with E-state index in [-0.39, 0.29) is 12.1 Å². The van der Waals surface area contributed by atoms with Crippen molar-refractivity contribution in [2.24, 2.45) is 5.10 Å². The SMILES string of the molecule is O=C(Cc1ccccc1[N+](=O)[O-])NN=Cc1ccc(-c2ccc(Br)c(Cl)c2)o1. The molecule has 0 aliphatic carbocycles. The topological polar surface area (TPSA) is 97.7 Å². The Morgan fingerprint density at radius 2 is 2.04 bits per heavy atom. The first-order chi connectivity index (χ1) is 13.4.